The highest BCUT2D eigenvalue weighted by molar-refractivity contribution is 6.03. The van der Waals surface area contributed by atoms with Crippen LogP contribution in [0.1, 0.15) is 20.8 Å². The van der Waals surface area contributed by atoms with Crippen LogP contribution in [0.15, 0.2) is 79.3 Å². The van der Waals surface area contributed by atoms with Crippen molar-refractivity contribution in [2.24, 2.45) is 0 Å². The van der Waals surface area contributed by atoms with E-state index >= 15 is 0 Å². The molecule has 0 atom stereocenters. The summed E-state index contributed by atoms with van der Waals surface area (Å²) in [5.74, 6) is 0.113. The van der Waals surface area contributed by atoms with Crippen molar-refractivity contribution < 1.29 is 9.59 Å². The Hall–Kier alpha value is -4.99. The lowest BCUT2D eigenvalue weighted by Gasteiger charge is -2.45. The molecule has 10 nitrogen and oxygen atoms in total. The van der Waals surface area contributed by atoms with Gasteiger partial charge in [-0.3, -0.25) is 9.59 Å². The predicted molar refractivity (Wildman–Crippen MR) is 149 cm³/mol. The molecule has 5 aromatic rings. The number of hydrogen-bond acceptors (Lipinski definition) is 6. The van der Waals surface area contributed by atoms with Gasteiger partial charge in [-0.25, -0.2) is 14.2 Å². The maximum atomic E-state index is 13.5. The van der Waals surface area contributed by atoms with E-state index in [4.69, 9.17) is 5.73 Å². The molecule has 0 unspecified atom stereocenters. The summed E-state index contributed by atoms with van der Waals surface area (Å²) in [6, 6.07) is 21.6. The molecular weight excluding hydrogens is 492 g/mol. The quantitative estimate of drug-likeness (QED) is 0.386. The van der Waals surface area contributed by atoms with Crippen molar-refractivity contribution in [3.05, 3.63) is 79.3 Å². The number of benzene rings is 2. The van der Waals surface area contributed by atoms with Gasteiger partial charge in [-0.2, -0.15) is 10.2 Å². The summed E-state index contributed by atoms with van der Waals surface area (Å²) in [6.07, 6.45) is 3.18. The van der Waals surface area contributed by atoms with E-state index < -0.39 is 5.54 Å². The summed E-state index contributed by atoms with van der Waals surface area (Å²) in [6.45, 7) is 5.95. The molecule has 0 spiro atoms. The van der Waals surface area contributed by atoms with Gasteiger partial charge in [0.25, 0.3) is 5.91 Å². The van der Waals surface area contributed by atoms with Gasteiger partial charge in [0, 0.05) is 36.8 Å². The standard InChI is InChI=1S/C29H28N8O2/c1-19(38)35-15-14-34(28(39)29(35,2)3)22-11-7-8-20(16-22)25-17-23(26-27(30)31-18-33-37(25)26)24-12-13-32-36(24)21-9-5-4-6-10-21/h4-13,16-18H,14-15H2,1-3H3,(H2,30,31,33). The molecule has 39 heavy (non-hydrogen) atoms. The first-order valence-electron chi connectivity index (χ1n) is 12.7. The lowest BCUT2D eigenvalue weighted by atomic mass is 9.96. The topological polar surface area (TPSA) is 115 Å². The van der Waals surface area contributed by atoms with Crippen molar-refractivity contribution in [2.45, 2.75) is 26.3 Å². The van der Waals surface area contributed by atoms with Gasteiger partial charge in [-0.1, -0.05) is 30.3 Å². The zero-order chi connectivity index (χ0) is 27.3. The van der Waals surface area contributed by atoms with Gasteiger partial charge in [-0.05, 0) is 50.2 Å². The Balaban J connectivity index is 1.46. The van der Waals surface area contributed by atoms with Crippen LogP contribution >= 0.6 is 0 Å². The number of aromatic nitrogens is 5. The molecule has 0 saturated carbocycles. The first-order chi connectivity index (χ1) is 18.8. The predicted octanol–water partition coefficient (Wildman–Crippen LogP) is 3.80. The Bertz CT molecular complexity index is 1720. The minimum absolute atomic E-state index is 0.110. The highest BCUT2D eigenvalue weighted by atomic mass is 16.2. The summed E-state index contributed by atoms with van der Waals surface area (Å²) in [4.78, 5) is 33.2. The number of piperazine rings is 1. The largest absolute Gasteiger partial charge is 0.382 e. The average Bonchev–Trinajstić information content (AvgIpc) is 3.56. The Morgan fingerprint density at radius 2 is 1.69 bits per heavy atom. The molecule has 0 aliphatic carbocycles. The van der Waals surface area contributed by atoms with Gasteiger partial charge in [-0.15, -0.1) is 0 Å². The molecule has 196 valence electrons. The zero-order valence-corrected chi connectivity index (χ0v) is 21.9. The van der Waals surface area contributed by atoms with E-state index in [9.17, 15) is 9.59 Å². The number of carbonyl (C=O) groups is 2. The highest BCUT2D eigenvalue weighted by Gasteiger charge is 2.43. The maximum Gasteiger partial charge on any atom is 0.252 e. The van der Waals surface area contributed by atoms with E-state index in [1.54, 1.807) is 34.4 Å². The van der Waals surface area contributed by atoms with Crippen LogP contribution in [0.2, 0.25) is 0 Å². The number of amides is 2. The van der Waals surface area contributed by atoms with Gasteiger partial charge in [0.05, 0.1) is 23.3 Å². The SMILES string of the molecule is CC(=O)N1CCN(c2cccc(-c3cc(-c4ccnn4-c4ccccc4)c4c(N)ncnn34)c2)C(=O)C1(C)C. The van der Waals surface area contributed by atoms with Crippen molar-refractivity contribution in [2.75, 3.05) is 23.7 Å². The summed E-state index contributed by atoms with van der Waals surface area (Å²) < 4.78 is 3.63. The average molecular weight is 521 g/mol. The second-order valence-corrected chi connectivity index (χ2v) is 10.0. The second-order valence-electron chi connectivity index (χ2n) is 10.0. The number of nitrogens with zero attached hydrogens (tertiary/aromatic N) is 7. The molecule has 10 heteroatoms. The molecule has 4 heterocycles. The lowest BCUT2D eigenvalue weighted by molar-refractivity contribution is -0.145. The summed E-state index contributed by atoms with van der Waals surface area (Å²) in [5, 5.41) is 9.08. The van der Waals surface area contributed by atoms with Crippen LogP contribution in [0.3, 0.4) is 0 Å². The summed E-state index contributed by atoms with van der Waals surface area (Å²) >= 11 is 0. The molecule has 1 aliphatic heterocycles. The minimum atomic E-state index is -0.938. The van der Waals surface area contributed by atoms with Crippen LogP contribution in [0.5, 0.6) is 0 Å². The first kappa shape index (κ1) is 24.4. The van der Waals surface area contributed by atoms with Crippen molar-refractivity contribution in [3.8, 4) is 28.2 Å². The first-order valence-corrected chi connectivity index (χ1v) is 12.7. The van der Waals surface area contributed by atoms with Crippen molar-refractivity contribution in [1.82, 2.24) is 29.3 Å². The zero-order valence-electron chi connectivity index (χ0n) is 21.9. The monoisotopic (exact) mass is 520 g/mol. The fraction of sp³-hybridized carbons (Fsp3) is 0.207. The molecule has 6 rings (SSSR count). The van der Waals surface area contributed by atoms with Gasteiger partial charge in [0.1, 0.15) is 17.4 Å². The van der Waals surface area contributed by atoms with E-state index in [0.29, 0.717) is 24.4 Å². The molecule has 1 aliphatic rings. The van der Waals surface area contributed by atoms with Crippen molar-refractivity contribution in [3.63, 3.8) is 0 Å². The third kappa shape index (κ3) is 3.92. The van der Waals surface area contributed by atoms with Crippen LogP contribution in [-0.4, -0.2) is 59.7 Å². The molecule has 1 fully saturated rings. The molecule has 1 saturated heterocycles. The highest BCUT2D eigenvalue weighted by Crippen LogP contribution is 2.37. The Labute approximate surface area is 225 Å². The van der Waals surface area contributed by atoms with Crippen LogP contribution in [0.25, 0.3) is 33.7 Å². The molecular formula is C29H28N8O2. The van der Waals surface area contributed by atoms with Gasteiger partial charge >= 0.3 is 0 Å². The molecule has 2 N–H and O–H groups in total. The van der Waals surface area contributed by atoms with E-state index in [1.165, 1.54) is 13.3 Å². The fourth-order valence-corrected chi connectivity index (χ4v) is 5.41. The summed E-state index contributed by atoms with van der Waals surface area (Å²) in [7, 11) is 0. The van der Waals surface area contributed by atoms with Gasteiger partial charge in [0.2, 0.25) is 5.91 Å². The van der Waals surface area contributed by atoms with E-state index in [1.807, 2.05) is 71.4 Å². The van der Waals surface area contributed by atoms with Crippen LogP contribution < -0.4 is 10.6 Å². The fourth-order valence-electron chi connectivity index (χ4n) is 5.41. The van der Waals surface area contributed by atoms with E-state index in [-0.39, 0.29) is 11.8 Å². The number of para-hydroxylation sites is 1. The third-order valence-corrected chi connectivity index (χ3v) is 7.33. The number of rotatable bonds is 4. The van der Waals surface area contributed by atoms with Crippen LogP contribution in [-0.2, 0) is 9.59 Å². The Kier molecular flexibility index (Phi) is 5.67. The molecule has 2 amide bonds. The molecule has 2 aromatic carbocycles. The molecule has 0 bridgehead atoms. The number of carbonyl (C=O) groups excluding carboxylic acids is 2. The maximum absolute atomic E-state index is 13.5. The van der Waals surface area contributed by atoms with Crippen LogP contribution in [0.4, 0.5) is 11.5 Å². The minimum Gasteiger partial charge on any atom is -0.382 e. The van der Waals surface area contributed by atoms with Gasteiger partial charge in [0.15, 0.2) is 5.82 Å². The van der Waals surface area contributed by atoms with Crippen molar-refractivity contribution >= 4 is 28.8 Å². The second kappa shape index (κ2) is 9.09. The smallest absolute Gasteiger partial charge is 0.252 e. The van der Waals surface area contributed by atoms with E-state index in [2.05, 4.69) is 15.2 Å². The number of nitrogens with two attached hydrogens (primary N) is 1. The number of anilines is 2. The van der Waals surface area contributed by atoms with Crippen molar-refractivity contribution in [1.29, 1.82) is 0 Å². The van der Waals surface area contributed by atoms with Gasteiger partial charge < -0.3 is 15.5 Å². The third-order valence-electron chi connectivity index (χ3n) is 7.33. The Morgan fingerprint density at radius 3 is 2.46 bits per heavy atom. The number of hydrogen-bond donors (Lipinski definition) is 1. The van der Waals surface area contributed by atoms with E-state index in [0.717, 1.165) is 33.9 Å². The normalized spacial score (nSPS) is 15.2. The molecule has 3 aromatic heterocycles. The molecule has 0 radical (unpaired) electrons. The summed E-state index contributed by atoms with van der Waals surface area (Å²) in [5.41, 5.74) is 11.1. The number of fused-ring (bicyclic) bond motifs is 1. The Morgan fingerprint density at radius 1 is 0.923 bits per heavy atom. The lowest BCUT2D eigenvalue weighted by Crippen LogP contribution is -2.64. The van der Waals surface area contributed by atoms with Crippen LogP contribution in [0, 0.1) is 0 Å². The number of nitrogen functional groups attached to an aromatic ring is 1.